The van der Waals surface area contributed by atoms with Crippen LogP contribution in [0.2, 0.25) is 0 Å². The molecule has 2 aromatic carbocycles. The molecule has 2 aromatic rings. The molecule has 0 spiro atoms. The Morgan fingerprint density at radius 3 is 1.47 bits per heavy atom. The molecule has 0 aromatic heterocycles. The normalized spacial score (nSPS) is 12.0. The molecule has 0 aliphatic carbocycles. The lowest BCUT2D eigenvalue weighted by molar-refractivity contribution is 0.481. The van der Waals surface area contributed by atoms with Crippen LogP contribution in [0, 0.1) is 0 Å². The van der Waals surface area contributed by atoms with Crippen molar-refractivity contribution in [3.8, 4) is 0 Å². The van der Waals surface area contributed by atoms with E-state index in [1.807, 2.05) is 18.2 Å². The molecule has 0 unspecified atom stereocenters. The molecule has 0 radical (unpaired) electrons. The van der Waals surface area contributed by atoms with Crippen molar-refractivity contribution in [2.45, 2.75) is 147 Å². The molecule has 2 rings (SSSR count). The Morgan fingerprint density at radius 1 is 0.583 bits per heavy atom. The average Bonchev–Trinajstić information content (AvgIpc) is 2.86. The summed E-state index contributed by atoms with van der Waals surface area (Å²) >= 11 is 0. The maximum Gasteiger partial charge on any atom is 0.294 e. The van der Waals surface area contributed by atoms with Gasteiger partial charge in [-0.2, -0.15) is 8.42 Å². The van der Waals surface area contributed by atoms with Gasteiger partial charge in [0.05, 0.1) is 4.90 Å². The Labute approximate surface area is 222 Å². The van der Waals surface area contributed by atoms with E-state index in [2.05, 4.69) is 19.9 Å². The molecule has 1 N–H and O–H groups in total. The molecule has 0 amide bonds. The van der Waals surface area contributed by atoms with Gasteiger partial charge in [0.25, 0.3) is 10.1 Å². The van der Waals surface area contributed by atoms with E-state index in [9.17, 15) is 13.0 Å². The largest absolute Gasteiger partial charge is 0.294 e. The first kappa shape index (κ1) is 30.8. The van der Waals surface area contributed by atoms with Gasteiger partial charge >= 0.3 is 0 Å². The average molecular weight is 517 g/mol. The smallest absolute Gasteiger partial charge is 0.282 e. The fourth-order valence-corrected chi connectivity index (χ4v) is 6.26. The van der Waals surface area contributed by atoms with Crippen molar-refractivity contribution in [3.05, 3.63) is 41.5 Å². The summed E-state index contributed by atoms with van der Waals surface area (Å²) < 4.78 is 34.9. The van der Waals surface area contributed by atoms with Crippen LogP contribution in [0.5, 0.6) is 0 Å². The van der Waals surface area contributed by atoms with E-state index in [1.54, 1.807) is 6.07 Å². The lowest BCUT2D eigenvalue weighted by atomic mass is 9.91. The molecule has 3 nitrogen and oxygen atoms in total. The number of unbranched alkanes of at least 4 members (excludes halogenated alkanes) is 16. The molecule has 0 saturated carbocycles. The Bertz CT molecular complexity index is 965. The number of rotatable bonds is 21. The van der Waals surface area contributed by atoms with Gasteiger partial charge in [-0.05, 0) is 53.6 Å². The molecule has 0 atom stereocenters. The summed E-state index contributed by atoms with van der Waals surface area (Å²) in [5.74, 6) is 0. The highest BCUT2D eigenvalue weighted by molar-refractivity contribution is 7.85. The van der Waals surface area contributed by atoms with Gasteiger partial charge in [0.1, 0.15) is 0 Å². The van der Waals surface area contributed by atoms with Gasteiger partial charge < -0.3 is 0 Å². The Morgan fingerprint density at radius 2 is 1.00 bits per heavy atom. The quantitative estimate of drug-likeness (QED) is 0.133. The summed E-state index contributed by atoms with van der Waals surface area (Å²) in [4.78, 5) is 0.131. The molecule has 204 valence electrons. The molecule has 36 heavy (non-hydrogen) atoms. The lowest BCUT2D eigenvalue weighted by Crippen LogP contribution is -2.08. The third-order valence-corrected chi connectivity index (χ3v) is 8.49. The zero-order valence-electron chi connectivity index (χ0n) is 23.2. The van der Waals surface area contributed by atoms with E-state index < -0.39 is 10.1 Å². The van der Waals surface area contributed by atoms with E-state index in [0.29, 0.717) is 0 Å². The highest BCUT2D eigenvalue weighted by Crippen LogP contribution is 2.32. The fourth-order valence-electron chi connectivity index (χ4n) is 5.45. The number of hydrogen-bond donors (Lipinski definition) is 1. The van der Waals surface area contributed by atoms with Crippen molar-refractivity contribution >= 4 is 20.9 Å². The van der Waals surface area contributed by atoms with Crippen LogP contribution in [0.15, 0.2) is 35.2 Å². The van der Waals surface area contributed by atoms with Crippen molar-refractivity contribution in [3.63, 3.8) is 0 Å². The predicted molar refractivity (Wildman–Crippen MR) is 156 cm³/mol. The van der Waals surface area contributed by atoms with Crippen LogP contribution in [-0.2, 0) is 23.0 Å². The van der Waals surface area contributed by atoms with Crippen LogP contribution in [0.4, 0.5) is 0 Å². The van der Waals surface area contributed by atoms with Crippen LogP contribution in [0.25, 0.3) is 10.8 Å². The zero-order valence-corrected chi connectivity index (χ0v) is 24.0. The molecule has 0 saturated heterocycles. The van der Waals surface area contributed by atoms with E-state index in [-0.39, 0.29) is 4.90 Å². The highest BCUT2D eigenvalue weighted by atomic mass is 32.2. The summed E-state index contributed by atoms with van der Waals surface area (Å²) in [6, 6.07) is 9.75. The van der Waals surface area contributed by atoms with Crippen LogP contribution in [-0.4, -0.2) is 13.0 Å². The second-order valence-electron chi connectivity index (χ2n) is 10.7. The van der Waals surface area contributed by atoms with E-state index >= 15 is 0 Å². The van der Waals surface area contributed by atoms with Gasteiger partial charge in [0.15, 0.2) is 0 Å². The maximum absolute atomic E-state index is 12.4. The standard InChI is InChI=1S/C32H52O3S/c1-3-5-7-9-11-13-15-17-19-25-30-29-24-22-21-23-28(29)27-32(36(33,34)35)31(30)26-20-18-16-14-12-10-8-6-4-2/h21-24,27H,3-20,25-26H2,1-2H3,(H,33,34,35). The minimum atomic E-state index is -4.26. The summed E-state index contributed by atoms with van der Waals surface area (Å²) in [5, 5.41) is 2.06. The molecule has 0 aliphatic rings. The predicted octanol–water partition coefficient (Wildman–Crippen LogP) is 10.2. The van der Waals surface area contributed by atoms with E-state index in [0.717, 1.165) is 54.0 Å². The van der Waals surface area contributed by atoms with Crippen molar-refractivity contribution in [1.82, 2.24) is 0 Å². The van der Waals surface area contributed by atoms with Gasteiger partial charge in [0, 0.05) is 0 Å². The molecule has 0 aliphatic heterocycles. The number of aryl methyl sites for hydroxylation is 1. The van der Waals surface area contributed by atoms with Crippen LogP contribution < -0.4 is 0 Å². The van der Waals surface area contributed by atoms with Crippen LogP contribution in [0.3, 0.4) is 0 Å². The second kappa shape index (κ2) is 18.0. The zero-order chi connectivity index (χ0) is 26.1. The first-order valence-electron chi connectivity index (χ1n) is 15.0. The van der Waals surface area contributed by atoms with E-state index in [1.165, 1.54) is 96.3 Å². The van der Waals surface area contributed by atoms with Gasteiger partial charge in [-0.25, -0.2) is 0 Å². The molecule has 0 fully saturated rings. The minimum absolute atomic E-state index is 0.131. The maximum atomic E-state index is 12.4. The van der Waals surface area contributed by atoms with Crippen molar-refractivity contribution in [1.29, 1.82) is 0 Å². The van der Waals surface area contributed by atoms with Crippen LogP contribution in [0.1, 0.15) is 141 Å². The Kier molecular flexibility index (Phi) is 15.4. The molecular weight excluding hydrogens is 464 g/mol. The van der Waals surface area contributed by atoms with Gasteiger partial charge in [-0.1, -0.05) is 141 Å². The molecular formula is C32H52O3S. The first-order valence-corrected chi connectivity index (χ1v) is 16.4. The van der Waals surface area contributed by atoms with Crippen LogP contribution >= 0.6 is 0 Å². The second-order valence-corrected chi connectivity index (χ2v) is 12.1. The van der Waals surface area contributed by atoms with Crippen molar-refractivity contribution in [2.75, 3.05) is 0 Å². The summed E-state index contributed by atoms with van der Waals surface area (Å²) in [6.07, 6.45) is 24.2. The minimum Gasteiger partial charge on any atom is -0.282 e. The molecule has 0 bridgehead atoms. The lowest BCUT2D eigenvalue weighted by Gasteiger charge is -2.17. The Hall–Kier alpha value is -1.39. The van der Waals surface area contributed by atoms with Gasteiger partial charge in [-0.3, -0.25) is 4.55 Å². The monoisotopic (exact) mass is 516 g/mol. The first-order chi connectivity index (χ1) is 17.5. The molecule has 4 heteroatoms. The van der Waals surface area contributed by atoms with Crippen molar-refractivity contribution < 1.29 is 13.0 Å². The fraction of sp³-hybridized carbons (Fsp3) is 0.688. The number of hydrogen-bond acceptors (Lipinski definition) is 2. The number of fused-ring (bicyclic) bond motifs is 1. The highest BCUT2D eigenvalue weighted by Gasteiger charge is 2.21. The summed E-state index contributed by atoms with van der Waals surface area (Å²) in [6.45, 7) is 4.50. The van der Waals surface area contributed by atoms with E-state index in [4.69, 9.17) is 0 Å². The summed E-state index contributed by atoms with van der Waals surface area (Å²) in [5.41, 5.74) is 2.00. The third kappa shape index (κ3) is 11.3. The summed E-state index contributed by atoms with van der Waals surface area (Å²) in [7, 11) is -4.26. The topological polar surface area (TPSA) is 54.4 Å². The third-order valence-electron chi connectivity index (χ3n) is 7.57. The van der Waals surface area contributed by atoms with Gasteiger partial charge in [0.2, 0.25) is 0 Å². The number of benzene rings is 2. The Balaban J connectivity index is 2.01. The van der Waals surface area contributed by atoms with Crippen molar-refractivity contribution in [2.24, 2.45) is 0 Å². The molecule has 0 heterocycles. The SMILES string of the molecule is CCCCCCCCCCCc1c(S(=O)(=O)O)cc2ccccc2c1CCCCCCCCCCC. The van der Waals surface area contributed by atoms with Gasteiger partial charge in [-0.15, -0.1) is 0 Å².